The number of hydrogen-bond donors (Lipinski definition) is 2. The van der Waals surface area contributed by atoms with Crippen molar-refractivity contribution >= 4 is 29.9 Å². The first-order chi connectivity index (χ1) is 9.60. The molecule has 0 bridgehead atoms. The van der Waals surface area contributed by atoms with Gasteiger partial charge in [0.2, 0.25) is 0 Å². The zero-order chi connectivity index (χ0) is 15.0. The third-order valence-corrected chi connectivity index (χ3v) is 3.29. The van der Waals surface area contributed by atoms with Gasteiger partial charge in [0, 0.05) is 39.5 Å². The SMILES string of the molecule is CCOCCNC(=NC)NCCc1c(C)nn(C)c1C.I. The minimum Gasteiger partial charge on any atom is -0.380 e. The van der Waals surface area contributed by atoms with Gasteiger partial charge in [-0.2, -0.15) is 5.10 Å². The molecule has 0 fully saturated rings. The minimum atomic E-state index is 0. The van der Waals surface area contributed by atoms with Gasteiger partial charge in [-0.1, -0.05) is 0 Å². The van der Waals surface area contributed by atoms with Crippen LogP contribution in [0.5, 0.6) is 0 Å². The Kier molecular flexibility index (Phi) is 10.4. The number of guanidine groups is 1. The van der Waals surface area contributed by atoms with Crippen molar-refractivity contribution in [3.8, 4) is 0 Å². The fourth-order valence-electron chi connectivity index (χ4n) is 2.09. The van der Waals surface area contributed by atoms with Crippen molar-refractivity contribution in [1.82, 2.24) is 20.4 Å². The quantitative estimate of drug-likeness (QED) is 0.309. The molecule has 6 nitrogen and oxygen atoms in total. The van der Waals surface area contributed by atoms with Crippen LogP contribution in [-0.4, -0.2) is 49.1 Å². The Hall–Kier alpha value is -0.830. The van der Waals surface area contributed by atoms with Crippen molar-refractivity contribution in [2.24, 2.45) is 12.0 Å². The zero-order valence-corrected chi connectivity index (χ0v) is 16.0. The molecule has 0 aliphatic carbocycles. The Bertz CT molecular complexity index is 445. The molecule has 0 aliphatic rings. The molecule has 0 spiro atoms. The van der Waals surface area contributed by atoms with Gasteiger partial charge < -0.3 is 15.4 Å². The second kappa shape index (κ2) is 10.8. The monoisotopic (exact) mass is 409 g/mol. The highest BCUT2D eigenvalue weighted by Crippen LogP contribution is 2.11. The van der Waals surface area contributed by atoms with Crippen LogP contribution in [0.15, 0.2) is 4.99 Å². The summed E-state index contributed by atoms with van der Waals surface area (Å²) in [6.07, 6.45) is 0.942. The Morgan fingerprint density at radius 3 is 2.48 bits per heavy atom. The molecule has 0 saturated heterocycles. The number of nitrogens with zero attached hydrogens (tertiary/aromatic N) is 3. The molecule has 0 atom stereocenters. The summed E-state index contributed by atoms with van der Waals surface area (Å²) in [4.78, 5) is 4.18. The van der Waals surface area contributed by atoms with E-state index in [1.807, 2.05) is 18.7 Å². The summed E-state index contributed by atoms with van der Waals surface area (Å²) in [5.74, 6) is 0.809. The number of hydrogen-bond acceptors (Lipinski definition) is 3. The fraction of sp³-hybridized carbons (Fsp3) is 0.714. The van der Waals surface area contributed by atoms with Crippen molar-refractivity contribution in [2.45, 2.75) is 27.2 Å². The molecule has 2 N–H and O–H groups in total. The highest BCUT2D eigenvalue weighted by atomic mass is 127. The van der Waals surface area contributed by atoms with E-state index in [-0.39, 0.29) is 24.0 Å². The summed E-state index contributed by atoms with van der Waals surface area (Å²) in [7, 11) is 3.75. The molecular formula is C14H28IN5O. The number of rotatable bonds is 7. The summed E-state index contributed by atoms with van der Waals surface area (Å²) in [6, 6.07) is 0. The van der Waals surface area contributed by atoms with Gasteiger partial charge in [0.05, 0.1) is 12.3 Å². The molecule has 122 valence electrons. The molecule has 0 aliphatic heterocycles. The first-order valence-corrected chi connectivity index (χ1v) is 7.11. The van der Waals surface area contributed by atoms with Crippen LogP contribution in [0.3, 0.4) is 0 Å². The summed E-state index contributed by atoms with van der Waals surface area (Å²) < 4.78 is 7.21. The Morgan fingerprint density at radius 1 is 1.29 bits per heavy atom. The predicted molar refractivity (Wildman–Crippen MR) is 97.7 cm³/mol. The lowest BCUT2D eigenvalue weighted by Gasteiger charge is -2.12. The summed E-state index contributed by atoms with van der Waals surface area (Å²) in [6.45, 7) is 9.18. The molecule has 0 amide bonds. The Balaban J connectivity index is 0.00000400. The topological polar surface area (TPSA) is 63.5 Å². The van der Waals surface area contributed by atoms with Gasteiger partial charge in [0.25, 0.3) is 0 Å². The van der Waals surface area contributed by atoms with E-state index in [0.717, 1.165) is 37.8 Å². The van der Waals surface area contributed by atoms with Gasteiger partial charge in [-0.25, -0.2) is 0 Å². The van der Waals surface area contributed by atoms with Gasteiger partial charge in [-0.3, -0.25) is 9.67 Å². The highest BCUT2D eigenvalue weighted by molar-refractivity contribution is 14.0. The van der Waals surface area contributed by atoms with E-state index in [0.29, 0.717) is 6.61 Å². The van der Waals surface area contributed by atoms with Gasteiger partial charge >= 0.3 is 0 Å². The van der Waals surface area contributed by atoms with Crippen LogP contribution in [0.25, 0.3) is 0 Å². The molecule has 7 heteroatoms. The number of aryl methyl sites for hydroxylation is 2. The molecule has 0 radical (unpaired) electrons. The molecule has 1 heterocycles. The summed E-state index contributed by atoms with van der Waals surface area (Å²) >= 11 is 0. The molecule has 0 aromatic carbocycles. The highest BCUT2D eigenvalue weighted by Gasteiger charge is 2.08. The van der Waals surface area contributed by atoms with Crippen molar-refractivity contribution in [3.05, 3.63) is 17.0 Å². The minimum absolute atomic E-state index is 0. The average Bonchev–Trinajstić information content (AvgIpc) is 2.67. The van der Waals surface area contributed by atoms with E-state index < -0.39 is 0 Å². The zero-order valence-electron chi connectivity index (χ0n) is 13.7. The van der Waals surface area contributed by atoms with E-state index in [1.165, 1.54) is 11.3 Å². The predicted octanol–water partition coefficient (Wildman–Crippen LogP) is 1.40. The average molecular weight is 409 g/mol. The Morgan fingerprint density at radius 2 is 1.95 bits per heavy atom. The lowest BCUT2D eigenvalue weighted by atomic mass is 10.1. The standard InChI is InChI=1S/C14H27N5O.HI/c1-6-20-10-9-17-14(15-4)16-8-7-13-11(2)18-19(5)12(13)3;/h6-10H2,1-5H3,(H2,15,16,17);1H. The van der Waals surface area contributed by atoms with Gasteiger partial charge in [-0.15, -0.1) is 24.0 Å². The van der Waals surface area contributed by atoms with E-state index in [2.05, 4.69) is 34.6 Å². The molecule has 0 saturated carbocycles. The van der Waals surface area contributed by atoms with Crippen LogP contribution < -0.4 is 10.6 Å². The Labute approximate surface area is 144 Å². The van der Waals surface area contributed by atoms with Crippen LogP contribution in [0.4, 0.5) is 0 Å². The molecule has 21 heavy (non-hydrogen) atoms. The second-order valence-electron chi connectivity index (χ2n) is 4.65. The van der Waals surface area contributed by atoms with E-state index in [1.54, 1.807) is 7.05 Å². The first-order valence-electron chi connectivity index (χ1n) is 7.11. The maximum Gasteiger partial charge on any atom is 0.191 e. The number of aromatic nitrogens is 2. The maximum atomic E-state index is 5.28. The summed E-state index contributed by atoms with van der Waals surface area (Å²) in [5, 5.41) is 10.9. The van der Waals surface area contributed by atoms with Gasteiger partial charge in [0.1, 0.15) is 0 Å². The van der Waals surface area contributed by atoms with Crippen LogP contribution >= 0.6 is 24.0 Å². The number of ether oxygens (including phenoxy) is 1. The third kappa shape index (κ3) is 6.64. The second-order valence-corrected chi connectivity index (χ2v) is 4.65. The van der Waals surface area contributed by atoms with E-state index in [9.17, 15) is 0 Å². The molecule has 0 unspecified atom stereocenters. The van der Waals surface area contributed by atoms with Gasteiger partial charge in [0.15, 0.2) is 5.96 Å². The lowest BCUT2D eigenvalue weighted by molar-refractivity contribution is 0.152. The molecular weight excluding hydrogens is 381 g/mol. The van der Waals surface area contributed by atoms with E-state index in [4.69, 9.17) is 4.74 Å². The smallest absolute Gasteiger partial charge is 0.191 e. The van der Waals surface area contributed by atoms with Crippen molar-refractivity contribution < 1.29 is 4.74 Å². The molecule has 1 rings (SSSR count). The molecule has 1 aromatic heterocycles. The fourth-order valence-corrected chi connectivity index (χ4v) is 2.09. The number of aliphatic imine (C=N–C) groups is 1. The first kappa shape index (κ1) is 20.2. The van der Waals surface area contributed by atoms with Crippen molar-refractivity contribution in [3.63, 3.8) is 0 Å². The number of halogens is 1. The maximum absolute atomic E-state index is 5.28. The largest absolute Gasteiger partial charge is 0.380 e. The van der Waals surface area contributed by atoms with Crippen LogP contribution in [-0.2, 0) is 18.2 Å². The summed E-state index contributed by atoms with van der Waals surface area (Å²) in [5.41, 5.74) is 3.64. The lowest BCUT2D eigenvalue weighted by Crippen LogP contribution is -2.39. The van der Waals surface area contributed by atoms with Crippen LogP contribution in [0, 0.1) is 13.8 Å². The van der Waals surface area contributed by atoms with Gasteiger partial charge in [-0.05, 0) is 32.8 Å². The molecule has 1 aromatic rings. The van der Waals surface area contributed by atoms with Crippen LogP contribution in [0.2, 0.25) is 0 Å². The number of nitrogens with one attached hydrogen (secondary N) is 2. The van der Waals surface area contributed by atoms with Crippen molar-refractivity contribution in [2.75, 3.05) is 33.4 Å². The normalized spacial score (nSPS) is 11.2. The third-order valence-electron chi connectivity index (χ3n) is 3.29. The van der Waals surface area contributed by atoms with Crippen molar-refractivity contribution in [1.29, 1.82) is 0 Å². The van der Waals surface area contributed by atoms with Crippen LogP contribution in [0.1, 0.15) is 23.9 Å². The van der Waals surface area contributed by atoms with E-state index >= 15 is 0 Å².